The number of aliphatic imine (C=N–C) groups is 1. The fourth-order valence-corrected chi connectivity index (χ4v) is 4.26. The second-order valence-electron chi connectivity index (χ2n) is 6.62. The van der Waals surface area contributed by atoms with Crippen molar-refractivity contribution in [3.05, 3.63) is 74.9 Å². The Hall–Kier alpha value is -2.29. The Kier molecular flexibility index (Phi) is 8.17. The zero-order valence-electron chi connectivity index (χ0n) is 16.9. The highest BCUT2D eigenvalue weighted by Crippen LogP contribution is 2.34. The number of nitrogens with one attached hydrogen (secondary N) is 2. The highest BCUT2D eigenvalue weighted by molar-refractivity contribution is 9.10. The van der Waals surface area contributed by atoms with E-state index in [1.165, 1.54) is 11.8 Å². The van der Waals surface area contributed by atoms with Crippen LogP contribution in [-0.4, -0.2) is 29.4 Å². The maximum atomic E-state index is 12.6. The molecule has 6 nitrogen and oxygen atoms in total. The lowest BCUT2D eigenvalue weighted by molar-refractivity contribution is -0.139. The average Bonchev–Trinajstić information content (AvgIpc) is 2.73. The molecule has 1 aliphatic rings. The number of amides is 1. The van der Waals surface area contributed by atoms with Gasteiger partial charge in [-0.25, -0.2) is 9.79 Å². The van der Waals surface area contributed by atoms with Crippen molar-refractivity contribution in [1.82, 2.24) is 5.32 Å². The molecule has 2 aromatic rings. The van der Waals surface area contributed by atoms with Crippen LogP contribution in [0.5, 0.6) is 0 Å². The molecule has 0 bridgehead atoms. The van der Waals surface area contributed by atoms with E-state index in [0.29, 0.717) is 27.1 Å². The maximum Gasteiger partial charge on any atom is 0.338 e. The van der Waals surface area contributed by atoms with Crippen LogP contribution in [0.15, 0.2) is 69.3 Å². The highest BCUT2D eigenvalue weighted by atomic mass is 79.9. The van der Waals surface area contributed by atoms with Crippen molar-refractivity contribution in [2.45, 2.75) is 19.9 Å². The first-order chi connectivity index (χ1) is 14.9. The third kappa shape index (κ3) is 6.35. The van der Waals surface area contributed by atoms with E-state index in [1.807, 2.05) is 24.3 Å². The summed E-state index contributed by atoms with van der Waals surface area (Å²) in [5.74, 6) is -0.429. The van der Waals surface area contributed by atoms with Crippen molar-refractivity contribution in [2.24, 2.45) is 4.99 Å². The van der Waals surface area contributed by atoms with E-state index in [1.54, 1.807) is 38.1 Å². The Balaban J connectivity index is 1.76. The van der Waals surface area contributed by atoms with E-state index in [9.17, 15) is 9.59 Å². The highest BCUT2D eigenvalue weighted by Gasteiger charge is 2.30. The van der Waals surface area contributed by atoms with Crippen LogP contribution in [0, 0.1) is 0 Å². The number of amidine groups is 1. The van der Waals surface area contributed by atoms with Crippen LogP contribution in [0.4, 0.5) is 5.69 Å². The standard InChI is InChI=1S/C22H21BrClN3O3S/c1-3-30-21(29)19-13(2)25-22(27-20(19)14-5-4-6-15(23)11-14)31-12-18(28)26-17-9-7-16(24)8-10-17/h4-11,20H,3,12H2,1-2H3,(H,25,27)(H,26,28)/t20-/m0/s1. The molecule has 3 rings (SSSR count). The van der Waals surface area contributed by atoms with Gasteiger partial charge in [-0.3, -0.25) is 4.79 Å². The van der Waals surface area contributed by atoms with Gasteiger partial charge in [-0.15, -0.1) is 0 Å². The molecule has 2 N–H and O–H groups in total. The summed E-state index contributed by atoms with van der Waals surface area (Å²) in [6.07, 6.45) is 0. The number of anilines is 1. The van der Waals surface area contributed by atoms with Gasteiger partial charge in [0.2, 0.25) is 5.91 Å². The number of hydrogen-bond donors (Lipinski definition) is 2. The van der Waals surface area contributed by atoms with Gasteiger partial charge in [0.15, 0.2) is 5.17 Å². The first-order valence-electron chi connectivity index (χ1n) is 9.53. The normalized spacial score (nSPS) is 15.7. The van der Waals surface area contributed by atoms with Gasteiger partial charge in [0.05, 0.1) is 17.9 Å². The third-order valence-corrected chi connectivity index (χ3v) is 5.98. The van der Waals surface area contributed by atoms with Crippen molar-refractivity contribution >= 4 is 62.0 Å². The van der Waals surface area contributed by atoms with Crippen molar-refractivity contribution in [2.75, 3.05) is 17.7 Å². The molecule has 1 aliphatic heterocycles. The fourth-order valence-electron chi connectivity index (χ4n) is 2.98. The van der Waals surface area contributed by atoms with Crippen LogP contribution >= 0.6 is 39.3 Å². The van der Waals surface area contributed by atoms with Gasteiger partial charge in [-0.1, -0.05) is 51.4 Å². The number of hydrogen-bond acceptors (Lipinski definition) is 6. The smallest absolute Gasteiger partial charge is 0.338 e. The molecule has 0 fully saturated rings. The number of rotatable bonds is 6. The molecule has 162 valence electrons. The van der Waals surface area contributed by atoms with Gasteiger partial charge in [0, 0.05) is 20.9 Å². The maximum absolute atomic E-state index is 12.6. The Morgan fingerprint density at radius 1 is 1.26 bits per heavy atom. The molecule has 9 heteroatoms. The molecule has 1 amide bonds. The Labute approximate surface area is 198 Å². The fraction of sp³-hybridized carbons (Fsp3) is 0.227. The largest absolute Gasteiger partial charge is 0.463 e. The van der Waals surface area contributed by atoms with Crippen molar-refractivity contribution in [3.8, 4) is 0 Å². The van der Waals surface area contributed by atoms with Crippen LogP contribution < -0.4 is 10.6 Å². The first-order valence-corrected chi connectivity index (χ1v) is 11.7. The molecule has 2 aromatic carbocycles. The summed E-state index contributed by atoms with van der Waals surface area (Å²) in [6.45, 7) is 3.85. The summed E-state index contributed by atoms with van der Waals surface area (Å²) in [6, 6.07) is 14.0. The minimum Gasteiger partial charge on any atom is -0.463 e. The van der Waals surface area contributed by atoms with Gasteiger partial charge in [-0.05, 0) is 55.8 Å². The number of esters is 1. The molecule has 1 heterocycles. The van der Waals surface area contributed by atoms with Gasteiger partial charge in [0.25, 0.3) is 0 Å². The Morgan fingerprint density at radius 3 is 2.68 bits per heavy atom. The zero-order valence-corrected chi connectivity index (χ0v) is 20.1. The lowest BCUT2D eigenvalue weighted by Gasteiger charge is -2.25. The van der Waals surface area contributed by atoms with Crippen LogP contribution in [0.25, 0.3) is 0 Å². The number of halogens is 2. The molecule has 31 heavy (non-hydrogen) atoms. The monoisotopic (exact) mass is 521 g/mol. The summed E-state index contributed by atoms with van der Waals surface area (Å²) in [7, 11) is 0. The molecule has 1 atom stereocenters. The van der Waals surface area contributed by atoms with Gasteiger partial charge in [0.1, 0.15) is 6.04 Å². The van der Waals surface area contributed by atoms with Crippen molar-refractivity contribution in [3.63, 3.8) is 0 Å². The number of carbonyl (C=O) groups excluding carboxylic acids is 2. The lowest BCUT2D eigenvalue weighted by atomic mass is 9.97. The van der Waals surface area contributed by atoms with Crippen LogP contribution in [0.2, 0.25) is 5.02 Å². The number of carbonyl (C=O) groups is 2. The van der Waals surface area contributed by atoms with E-state index in [-0.39, 0.29) is 18.3 Å². The van der Waals surface area contributed by atoms with Crippen LogP contribution in [0.3, 0.4) is 0 Å². The van der Waals surface area contributed by atoms with Crippen LogP contribution in [0.1, 0.15) is 25.5 Å². The molecular weight excluding hydrogens is 502 g/mol. The minimum absolute atomic E-state index is 0.154. The summed E-state index contributed by atoms with van der Waals surface area (Å²) in [5.41, 5.74) is 2.62. The number of ether oxygens (including phenoxy) is 1. The number of nitrogens with zero attached hydrogens (tertiary/aromatic N) is 1. The van der Waals surface area contributed by atoms with Gasteiger partial charge < -0.3 is 15.4 Å². The SMILES string of the molecule is CCOC(=O)C1=C(C)NC(SCC(=O)Nc2ccc(Cl)cc2)=N[C@H]1c1cccc(Br)c1. The molecule has 0 aromatic heterocycles. The van der Waals surface area contributed by atoms with Crippen molar-refractivity contribution in [1.29, 1.82) is 0 Å². The minimum atomic E-state index is -0.528. The van der Waals surface area contributed by atoms with Crippen molar-refractivity contribution < 1.29 is 14.3 Å². The summed E-state index contributed by atoms with van der Waals surface area (Å²) >= 11 is 10.6. The average molecular weight is 523 g/mol. The molecule has 0 aliphatic carbocycles. The number of thioether (sulfide) groups is 1. The second-order valence-corrected chi connectivity index (χ2v) is 8.94. The second kappa shape index (κ2) is 10.8. The van der Waals surface area contributed by atoms with Gasteiger partial charge in [-0.2, -0.15) is 0 Å². The Morgan fingerprint density at radius 2 is 2.00 bits per heavy atom. The molecule has 0 unspecified atom stereocenters. The van der Waals surface area contributed by atoms with E-state index in [4.69, 9.17) is 21.3 Å². The molecule has 0 saturated heterocycles. The quantitative estimate of drug-likeness (QED) is 0.503. The predicted octanol–water partition coefficient (Wildman–Crippen LogP) is 5.31. The van der Waals surface area contributed by atoms with Gasteiger partial charge >= 0.3 is 5.97 Å². The van der Waals surface area contributed by atoms with Crippen LogP contribution in [-0.2, 0) is 14.3 Å². The molecule has 0 saturated carbocycles. The number of benzene rings is 2. The number of allylic oxidation sites excluding steroid dienone is 1. The third-order valence-electron chi connectivity index (χ3n) is 4.35. The zero-order chi connectivity index (χ0) is 22.4. The summed E-state index contributed by atoms with van der Waals surface area (Å²) < 4.78 is 6.13. The molecule has 0 spiro atoms. The predicted molar refractivity (Wildman–Crippen MR) is 129 cm³/mol. The lowest BCUT2D eigenvalue weighted by Crippen LogP contribution is -2.31. The summed E-state index contributed by atoms with van der Waals surface area (Å²) in [4.78, 5) is 29.6. The molecule has 0 radical (unpaired) electrons. The Bertz CT molecular complexity index is 1040. The topological polar surface area (TPSA) is 79.8 Å². The van der Waals surface area contributed by atoms with E-state index < -0.39 is 12.0 Å². The first kappa shape index (κ1) is 23.4. The van der Waals surface area contributed by atoms with E-state index in [0.717, 1.165) is 10.0 Å². The summed E-state index contributed by atoms with van der Waals surface area (Å²) in [5, 5.41) is 7.11. The van der Waals surface area contributed by atoms with E-state index >= 15 is 0 Å². The molecular formula is C22H21BrClN3O3S. The van der Waals surface area contributed by atoms with E-state index in [2.05, 4.69) is 26.6 Å².